The van der Waals surface area contributed by atoms with Gasteiger partial charge in [0.2, 0.25) is 0 Å². The molecule has 0 aliphatic rings. The quantitative estimate of drug-likeness (QED) is 0.164. The van der Waals surface area contributed by atoms with E-state index in [1.54, 1.807) is 0 Å². The fourth-order valence-electron chi connectivity index (χ4n) is 6.62. The lowest BCUT2D eigenvalue weighted by atomic mass is 10.00. The Kier molecular flexibility index (Phi) is 10.4. The Morgan fingerprint density at radius 2 is 0.782 bits per heavy atom. The third-order valence-corrected chi connectivity index (χ3v) is 9.96. The number of benzene rings is 8. The molecule has 55 heavy (non-hydrogen) atoms. The molecule has 0 fully saturated rings. The van der Waals surface area contributed by atoms with Crippen molar-refractivity contribution in [2.75, 3.05) is 0 Å². The van der Waals surface area contributed by atoms with Crippen LogP contribution in [0.5, 0.6) is 0 Å². The van der Waals surface area contributed by atoms with Gasteiger partial charge in [0.05, 0.1) is 11.1 Å². The lowest BCUT2D eigenvalue weighted by molar-refractivity contribution is 0.667. The molecule has 0 N–H and O–H groups in total. The van der Waals surface area contributed by atoms with E-state index < -0.39 is 0 Å². The second-order valence-corrected chi connectivity index (χ2v) is 13.6. The molecule has 3 heteroatoms. The molecule has 0 saturated carbocycles. The zero-order valence-corrected chi connectivity index (χ0v) is 31.3. The first-order valence-corrected chi connectivity index (χ1v) is 18.7. The fraction of sp³-hybridized carbons (Fsp3) is 0. The average Bonchev–Trinajstić information content (AvgIpc) is 3.84. The summed E-state index contributed by atoms with van der Waals surface area (Å²) in [7, 11) is 0. The maximum absolute atomic E-state index is 6.08. The fourth-order valence-corrected chi connectivity index (χ4v) is 7.13. The van der Waals surface area contributed by atoms with Crippen molar-refractivity contribution in [2.24, 2.45) is 0 Å². The monoisotopic (exact) mass is 768 g/mol. The van der Waals surface area contributed by atoms with Gasteiger partial charge in [-0.2, -0.15) is 0 Å². The Labute approximate surface area is 328 Å². The normalized spacial score (nSPS) is 10.5. The summed E-state index contributed by atoms with van der Waals surface area (Å²) in [6, 6.07) is 65.3. The Morgan fingerprint density at radius 1 is 0.364 bits per heavy atom. The van der Waals surface area contributed by atoms with Gasteiger partial charge in [-0.25, -0.2) is 0 Å². The first-order valence-electron chi connectivity index (χ1n) is 17.9. The van der Waals surface area contributed by atoms with Crippen molar-refractivity contribution in [3.63, 3.8) is 0 Å². The van der Waals surface area contributed by atoms with Gasteiger partial charge in [-0.05, 0) is 58.7 Å². The van der Waals surface area contributed by atoms with Gasteiger partial charge >= 0.3 is 0 Å². The van der Waals surface area contributed by atoms with Gasteiger partial charge in [-0.3, -0.25) is 0 Å². The van der Waals surface area contributed by atoms with Gasteiger partial charge in [0.15, 0.2) is 11.2 Å². The lowest BCUT2D eigenvalue weighted by Gasteiger charge is -2.04. The molecule has 0 spiro atoms. The highest BCUT2D eigenvalue weighted by Crippen LogP contribution is 2.32. The smallest absolute Gasteiger partial charge is 0.151 e. The largest absolute Gasteiger partial charge is 0.455 e. The van der Waals surface area contributed by atoms with Crippen molar-refractivity contribution in [3.8, 4) is 46.4 Å². The van der Waals surface area contributed by atoms with Gasteiger partial charge in [0, 0.05) is 31.6 Å². The Morgan fingerprint density at radius 3 is 1.38 bits per heavy atom. The topological polar surface area (TPSA) is 26.3 Å². The van der Waals surface area contributed by atoms with E-state index in [0.717, 1.165) is 70.6 Å². The predicted molar refractivity (Wildman–Crippen MR) is 233 cm³/mol. The molecule has 2 nitrogen and oxygen atoms in total. The first-order chi connectivity index (χ1) is 27.2. The van der Waals surface area contributed by atoms with Crippen LogP contribution in [0.1, 0.15) is 16.7 Å². The molecule has 10 rings (SSSR count). The molecule has 260 valence electrons. The summed E-state index contributed by atoms with van der Waals surface area (Å²) >= 11 is 3.53. The molecule has 2 heterocycles. The maximum atomic E-state index is 6.08. The van der Waals surface area contributed by atoms with E-state index in [1.807, 2.05) is 109 Å². The summed E-state index contributed by atoms with van der Waals surface area (Å²) < 4.78 is 13.0. The molecule has 0 bridgehead atoms. The zero-order chi connectivity index (χ0) is 37.4. The van der Waals surface area contributed by atoms with E-state index in [0.29, 0.717) is 0 Å². The standard InChI is InChI=1S/C26H16O.C14H8O.C12H9Br/c1-2-9-19(10-3-1)22-13-5-4-11-20(22)17-18-21-12-8-15-24-23-14-6-7-16-25(23)27-26(21)24;1-2-10-6-5-8-12-11-7-3-4-9-13(11)15-14(10)12;13-12-9-5-4-8-11(12)10-6-2-1-3-7-10/h1-16H;1,3-9H;1-9H. The summed E-state index contributed by atoms with van der Waals surface area (Å²) in [5.41, 5.74) is 11.0. The van der Waals surface area contributed by atoms with Crippen LogP contribution < -0.4 is 0 Å². The highest BCUT2D eigenvalue weighted by atomic mass is 79.9. The molecule has 0 atom stereocenters. The second-order valence-electron chi connectivity index (χ2n) is 12.7. The van der Waals surface area contributed by atoms with E-state index in [9.17, 15) is 0 Å². The molecule has 8 aromatic carbocycles. The molecule has 2 aromatic heterocycles. The number of rotatable bonds is 2. The van der Waals surface area contributed by atoms with Crippen LogP contribution in [0.2, 0.25) is 0 Å². The second kappa shape index (κ2) is 16.3. The summed E-state index contributed by atoms with van der Waals surface area (Å²) in [5.74, 6) is 9.32. The van der Waals surface area contributed by atoms with Crippen LogP contribution in [0.15, 0.2) is 207 Å². The van der Waals surface area contributed by atoms with Crippen molar-refractivity contribution in [1.29, 1.82) is 0 Å². The zero-order valence-electron chi connectivity index (χ0n) is 29.7. The van der Waals surface area contributed by atoms with Crippen LogP contribution in [0.4, 0.5) is 0 Å². The summed E-state index contributed by atoms with van der Waals surface area (Å²) in [5, 5.41) is 4.43. The number of para-hydroxylation sites is 4. The van der Waals surface area contributed by atoms with Crippen molar-refractivity contribution < 1.29 is 8.83 Å². The van der Waals surface area contributed by atoms with Crippen molar-refractivity contribution in [2.45, 2.75) is 0 Å². The van der Waals surface area contributed by atoms with Crippen LogP contribution >= 0.6 is 15.9 Å². The Balaban J connectivity index is 0.000000129. The Bertz CT molecular complexity index is 3010. The maximum Gasteiger partial charge on any atom is 0.151 e. The molecule has 0 radical (unpaired) electrons. The molecule has 0 unspecified atom stereocenters. The highest BCUT2D eigenvalue weighted by Gasteiger charge is 2.10. The summed E-state index contributed by atoms with van der Waals surface area (Å²) in [4.78, 5) is 0. The molecule has 0 amide bonds. The SMILES string of the molecule is Brc1ccccc1-c1ccccc1.C#Cc1cccc2c1oc1ccccc12.C(#Cc1cccc2c1oc1ccccc12)c1ccccc1-c1ccccc1. The number of fused-ring (bicyclic) bond motifs is 6. The van der Waals surface area contributed by atoms with Gasteiger partial charge in [-0.15, -0.1) is 6.42 Å². The van der Waals surface area contributed by atoms with Crippen LogP contribution in [0.3, 0.4) is 0 Å². The van der Waals surface area contributed by atoms with Gasteiger partial charge in [0.25, 0.3) is 0 Å². The van der Waals surface area contributed by atoms with Crippen LogP contribution in [-0.4, -0.2) is 0 Å². The highest BCUT2D eigenvalue weighted by molar-refractivity contribution is 9.10. The van der Waals surface area contributed by atoms with E-state index >= 15 is 0 Å². The number of hydrogen-bond acceptors (Lipinski definition) is 2. The van der Waals surface area contributed by atoms with E-state index in [-0.39, 0.29) is 0 Å². The third-order valence-electron chi connectivity index (χ3n) is 9.27. The van der Waals surface area contributed by atoms with Crippen LogP contribution in [0.25, 0.3) is 66.1 Å². The van der Waals surface area contributed by atoms with Crippen molar-refractivity contribution >= 4 is 59.8 Å². The van der Waals surface area contributed by atoms with Crippen LogP contribution in [-0.2, 0) is 0 Å². The van der Waals surface area contributed by atoms with E-state index in [4.69, 9.17) is 15.3 Å². The number of furan rings is 2. The third kappa shape index (κ3) is 7.57. The Hall–Kier alpha value is -7.04. The number of hydrogen-bond donors (Lipinski definition) is 0. The number of terminal acetylenes is 1. The van der Waals surface area contributed by atoms with Crippen molar-refractivity contribution in [1.82, 2.24) is 0 Å². The van der Waals surface area contributed by atoms with Crippen LogP contribution in [0, 0.1) is 24.2 Å². The lowest BCUT2D eigenvalue weighted by Crippen LogP contribution is -1.84. The first kappa shape index (κ1) is 35.0. The van der Waals surface area contributed by atoms with Gasteiger partial charge < -0.3 is 8.83 Å². The summed E-state index contributed by atoms with van der Waals surface area (Å²) in [6.45, 7) is 0. The minimum absolute atomic E-state index is 0.807. The van der Waals surface area contributed by atoms with Gasteiger partial charge in [0.1, 0.15) is 11.2 Å². The van der Waals surface area contributed by atoms with E-state index in [2.05, 4.69) is 119 Å². The molecule has 0 saturated heterocycles. The minimum atomic E-state index is 0.807. The molecular weight excluding hydrogens is 736 g/mol. The minimum Gasteiger partial charge on any atom is -0.455 e. The molecule has 0 aliphatic carbocycles. The summed E-state index contributed by atoms with van der Waals surface area (Å²) in [6.07, 6.45) is 5.43. The average molecular weight is 770 g/mol. The predicted octanol–water partition coefficient (Wildman–Crippen LogP) is 14.3. The van der Waals surface area contributed by atoms with Crippen molar-refractivity contribution in [3.05, 3.63) is 215 Å². The van der Waals surface area contributed by atoms with Gasteiger partial charge in [-0.1, -0.05) is 191 Å². The molecule has 0 aliphatic heterocycles. The molecular formula is C52H33BrO2. The molecule has 10 aromatic rings. The van der Waals surface area contributed by atoms with E-state index in [1.165, 1.54) is 16.7 Å². The number of halogens is 1.